The quantitative estimate of drug-likeness (QED) is 0.241. The molecule has 0 aromatic heterocycles. The van der Waals surface area contributed by atoms with Crippen LogP contribution in [0.15, 0.2) is 18.2 Å². The van der Waals surface area contributed by atoms with Crippen molar-refractivity contribution in [3.05, 3.63) is 51.6 Å². The van der Waals surface area contributed by atoms with Crippen molar-refractivity contribution >= 4 is 23.0 Å². The number of hydrogen-bond donors (Lipinski definition) is 4. The zero-order chi connectivity index (χ0) is 31.9. The third-order valence-electron chi connectivity index (χ3n) is 9.99. The van der Waals surface area contributed by atoms with Crippen LogP contribution in [0.4, 0.5) is 5.69 Å². The number of aliphatic hydroxyl groups is 1. The van der Waals surface area contributed by atoms with Crippen molar-refractivity contribution in [1.82, 2.24) is 4.90 Å². The molecule has 5 N–H and O–H groups in total. The van der Waals surface area contributed by atoms with Crippen molar-refractivity contribution in [2.45, 2.75) is 81.7 Å². The average molecular weight is 625 g/mol. The third kappa shape index (κ3) is 4.52. The number of carbonyl (C=O) groups excluding carboxylic acids is 3. The van der Waals surface area contributed by atoms with Crippen LogP contribution in [0.25, 0.3) is 0 Å². The average Bonchev–Trinajstić information content (AvgIpc) is 3.23. The number of nitrogens with zero attached hydrogens (tertiary/aromatic N) is 1. The Morgan fingerprint density at radius 3 is 2.60 bits per heavy atom. The summed E-state index contributed by atoms with van der Waals surface area (Å²) in [6.45, 7) is 4.56. The van der Waals surface area contributed by atoms with Gasteiger partial charge in [-0.25, -0.2) is 0 Å². The second-order valence-electron chi connectivity index (χ2n) is 12.5. The monoisotopic (exact) mass is 624 g/mol. The van der Waals surface area contributed by atoms with E-state index in [2.05, 4.69) is 4.90 Å². The molecule has 7 rings (SSSR count). The van der Waals surface area contributed by atoms with Crippen molar-refractivity contribution in [1.29, 1.82) is 0 Å². The molecular weight excluding hydrogens is 588 g/mol. The lowest BCUT2D eigenvalue weighted by Crippen LogP contribution is -2.52. The molecule has 2 aromatic carbocycles. The first-order chi connectivity index (χ1) is 21.4. The van der Waals surface area contributed by atoms with E-state index in [0.29, 0.717) is 26.2 Å². The summed E-state index contributed by atoms with van der Waals surface area (Å²) in [6.07, 6.45) is -3.76. The molecule has 13 heteroatoms. The van der Waals surface area contributed by atoms with Gasteiger partial charge in [-0.15, -0.1) is 0 Å². The molecule has 3 aliphatic heterocycles. The molecule has 0 spiro atoms. The maximum absolute atomic E-state index is 13.7. The number of rotatable bonds is 4. The number of anilines is 1. The Kier molecular flexibility index (Phi) is 7.28. The van der Waals surface area contributed by atoms with Gasteiger partial charge in [-0.3, -0.25) is 19.3 Å². The molecule has 3 fully saturated rings. The van der Waals surface area contributed by atoms with Crippen molar-refractivity contribution in [2.75, 3.05) is 32.6 Å². The second-order valence-corrected chi connectivity index (χ2v) is 12.5. The van der Waals surface area contributed by atoms with Crippen molar-refractivity contribution in [3.63, 3.8) is 0 Å². The summed E-state index contributed by atoms with van der Waals surface area (Å²) in [5.41, 5.74) is 3.21. The SMILES string of the molecule is COC1COCCN2C3CC(OC4CC(O)(C(C)=O)Cc5c(O)c6c(c(O)c54)C(=O)c4c(N)cccc4C6=O)OC(C)C3OC12. The summed E-state index contributed by atoms with van der Waals surface area (Å²) in [5, 5.41) is 34.7. The maximum atomic E-state index is 13.7. The van der Waals surface area contributed by atoms with Crippen molar-refractivity contribution < 1.29 is 53.4 Å². The highest BCUT2D eigenvalue weighted by Crippen LogP contribution is 2.52. The van der Waals surface area contributed by atoms with E-state index in [4.69, 9.17) is 29.4 Å². The summed E-state index contributed by atoms with van der Waals surface area (Å²) in [7, 11) is 1.61. The van der Waals surface area contributed by atoms with E-state index >= 15 is 0 Å². The molecular formula is C32H36N2O11. The molecule has 0 saturated carbocycles. The van der Waals surface area contributed by atoms with E-state index in [1.807, 2.05) is 6.92 Å². The first-order valence-corrected chi connectivity index (χ1v) is 15.1. The number of hydrogen-bond acceptors (Lipinski definition) is 13. The van der Waals surface area contributed by atoms with Crippen LogP contribution >= 0.6 is 0 Å². The van der Waals surface area contributed by atoms with Crippen molar-refractivity contribution in [3.8, 4) is 11.5 Å². The predicted octanol–water partition coefficient (Wildman–Crippen LogP) is 1.35. The van der Waals surface area contributed by atoms with Gasteiger partial charge >= 0.3 is 0 Å². The molecule has 45 heavy (non-hydrogen) atoms. The smallest absolute Gasteiger partial charge is 0.200 e. The van der Waals surface area contributed by atoms with Gasteiger partial charge in [-0.1, -0.05) is 12.1 Å². The normalized spacial score (nSPS) is 34.3. The largest absolute Gasteiger partial charge is 0.507 e. The van der Waals surface area contributed by atoms with Crippen LogP contribution in [-0.2, 0) is 34.9 Å². The fraction of sp³-hybridized carbons (Fsp3) is 0.531. The van der Waals surface area contributed by atoms with Gasteiger partial charge in [-0.05, 0) is 19.9 Å². The maximum Gasteiger partial charge on any atom is 0.200 e. The first kappa shape index (κ1) is 30.2. The number of fused-ring (bicyclic) bond motifs is 6. The fourth-order valence-corrected chi connectivity index (χ4v) is 7.66. The Bertz CT molecular complexity index is 1610. The number of nitrogen functional groups attached to an aromatic ring is 1. The zero-order valence-corrected chi connectivity index (χ0v) is 25.1. The van der Waals surface area contributed by atoms with Crippen LogP contribution in [0.5, 0.6) is 11.5 Å². The molecule has 0 amide bonds. The van der Waals surface area contributed by atoms with Gasteiger partial charge in [0.2, 0.25) is 0 Å². The Labute approximate surface area is 258 Å². The standard InChI is InChI=1S/C32H36N2O11/c1-13-30-18(34-7-8-42-12-20(41-3)31(34)45-30)9-21(43-13)44-19-11-32(40,14(2)35)10-16-23(19)29(39)25-24(27(16)37)26(36)15-5-4-6-17(33)22(15)28(25)38/h4-6,13,18-21,30-31,37,39-40H,7-12,33H2,1-3H3. The molecule has 0 bridgehead atoms. The van der Waals surface area contributed by atoms with Gasteiger partial charge in [0.1, 0.15) is 35.5 Å². The number of methoxy groups -OCH3 is 1. The molecule has 3 saturated heterocycles. The zero-order valence-electron chi connectivity index (χ0n) is 25.1. The number of aromatic hydroxyl groups is 2. The van der Waals surface area contributed by atoms with E-state index in [1.54, 1.807) is 7.11 Å². The Hall–Kier alpha value is -3.43. The lowest BCUT2D eigenvalue weighted by molar-refractivity contribution is -0.248. The summed E-state index contributed by atoms with van der Waals surface area (Å²) < 4.78 is 30.4. The van der Waals surface area contributed by atoms with Gasteiger partial charge in [0.25, 0.3) is 0 Å². The molecule has 3 heterocycles. The third-order valence-corrected chi connectivity index (χ3v) is 9.99. The highest BCUT2D eigenvalue weighted by atomic mass is 16.7. The van der Waals surface area contributed by atoms with Gasteiger partial charge in [0.05, 0.1) is 42.1 Å². The Balaban J connectivity index is 1.28. The Morgan fingerprint density at radius 1 is 1.11 bits per heavy atom. The molecule has 8 atom stereocenters. The van der Waals surface area contributed by atoms with Crippen LogP contribution in [0, 0.1) is 0 Å². The first-order valence-electron chi connectivity index (χ1n) is 15.1. The van der Waals surface area contributed by atoms with E-state index in [0.717, 1.165) is 0 Å². The van der Waals surface area contributed by atoms with Gasteiger partial charge in [0, 0.05) is 61.3 Å². The van der Waals surface area contributed by atoms with Gasteiger partial charge < -0.3 is 44.7 Å². The lowest BCUT2D eigenvalue weighted by atomic mass is 9.72. The minimum Gasteiger partial charge on any atom is -0.507 e. The van der Waals surface area contributed by atoms with Crippen molar-refractivity contribution in [2.24, 2.45) is 0 Å². The lowest BCUT2D eigenvalue weighted by Gasteiger charge is -2.42. The van der Waals surface area contributed by atoms with E-state index < -0.39 is 70.5 Å². The minimum absolute atomic E-state index is 0.0119. The molecule has 0 radical (unpaired) electrons. The van der Waals surface area contributed by atoms with Crippen LogP contribution in [0.1, 0.15) is 75.8 Å². The van der Waals surface area contributed by atoms with Crippen LogP contribution in [-0.4, -0.2) is 107 Å². The Morgan fingerprint density at radius 2 is 1.87 bits per heavy atom. The predicted molar refractivity (Wildman–Crippen MR) is 155 cm³/mol. The molecule has 13 nitrogen and oxygen atoms in total. The fourth-order valence-electron chi connectivity index (χ4n) is 7.66. The summed E-state index contributed by atoms with van der Waals surface area (Å²) in [5.74, 6) is -3.19. The number of ketones is 3. The highest BCUT2D eigenvalue weighted by Gasteiger charge is 2.54. The van der Waals surface area contributed by atoms with E-state index in [9.17, 15) is 29.7 Å². The number of phenols is 2. The molecule has 2 aliphatic carbocycles. The summed E-state index contributed by atoms with van der Waals surface area (Å²) in [6, 6.07) is 4.27. The summed E-state index contributed by atoms with van der Waals surface area (Å²) >= 11 is 0. The van der Waals surface area contributed by atoms with Crippen LogP contribution in [0.3, 0.4) is 0 Å². The minimum atomic E-state index is -1.99. The molecule has 2 aromatic rings. The number of benzene rings is 2. The number of ether oxygens (including phenoxy) is 5. The molecule has 8 unspecified atom stereocenters. The number of nitrogens with two attached hydrogens (primary N) is 1. The second kappa shape index (κ2) is 10.8. The van der Waals surface area contributed by atoms with E-state index in [1.165, 1.54) is 25.1 Å². The van der Waals surface area contributed by atoms with Crippen LogP contribution in [0.2, 0.25) is 0 Å². The van der Waals surface area contributed by atoms with Gasteiger partial charge in [-0.2, -0.15) is 0 Å². The summed E-state index contributed by atoms with van der Waals surface area (Å²) in [4.78, 5) is 42.3. The van der Waals surface area contributed by atoms with Crippen LogP contribution < -0.4 is 5.73 Å². The molecule has 240 valence electrons. The number of phenolic OH excluding ortho intramolecular Hbond substituents is 2. The number of carbonyl (C=O) groups is 3. The van der Waals surface area contributed by atoms with E-state index in [-0.39, 0.29) is 58.8 Å². The highest BCUT2D eigenvalue weighted by molar-refractivity contribution is 6.32. The van der Waals surface area contributed by atoms with Gasteiger partial charge in [0.15, 0.2) is 23.6 Å². The topological polar surface area (TPSA) is 187 Å². The molecule has 5 aliphatic rings. The number of Topliss-reactive ketones (excluding diaryl/α,β-unsaturated/α-hetero) is 1.